The average molecular weight is 366 g/mol. The summed E-state index contributed by atoms with van der Waals surface area (Å²) < 4.78 is 0. The first-order valence-corrected chi connectivity index (χ1v) is 9.39. The van der Waals surface area contributed by atoms with E-state index >= 15 is 0 Å². The molecule has 1 aromatic carbocycles. The third-order valence-corrected chi connectivity index (χ3v) is 4.42. The van der Waals surface area contributed by atoms with E-state index < -0.39 is 15.5 Å². The Bertz CT molecular complexity index is 595. The lowest BCUT2D eigenvalue weighted by Crippen LogP contribution is -2.26. The van der Waals surface area contributed by atoms with Crippen LogP contribution < -0.4 is 10.6 Å². The Morgan fingerprint density at radius 2 is 1.35 bits per heavy atom. The summed E-state index contributed by atoms with van der Waals surface area (Å²) in [4.78, 5) is 23.3. The molecule has 0 saturated heterocycles. The number of nitro groups is 2. The maximum Gasteiger partial charge on any atom is 0.299 e. The second-order valence-electron chi connectivity index (χ2n) is 6.52. The molecule has 1 rings (SSSR count). The van der Waals surface area contributed by atoms with Crippen molar-refractivity contribution < 1.29 is 9.85 Å². The zero-order valence-corrected chi connectivity index (χ0v) is 15.8. The van der Waals surface area contributed by atoms with Crippen molar-refractivity contribution in [1.82, 2.24) is 0 Å². The minimum absolute atomic E-state index is 0.0392. The summed E-state index contributed by atoms with van der Waals surface area (Å²) in [5, 5.41) is 22.5. The van der Waals surface area contributed by atoms with Gasteiger partial charge in [-0.25, -0.2) is 0 Å². The largest absolute Gasteiger partial charge is 0.393 e. The van der Waals surface area contributed by atoms with Gasteiger partial charge in [0.15, 0.2) is 0 Å². The van der Waals surface area contributed by atoms with E-state index in [0.717, 1.165) is 57.4 Å². The van der Waals surface area contributed by atoms with E-state index in [-0.39, 0.29) is 11.4 Å². The van der Waals surface area contributed by atoms with Gasteiger partial charge in [0.05, 0.1) is 15.9 Å². The number of nitro benzene ring substituents is 2. The van der Waals surface area contributed by atoms with Crippen LogP contribution in [-0.4, -0.2) is 22.9 Å². The fourth-order valence-corrected chi connectivity index (χ4v) is 2.95. The fraction of sp³-hybridized carbons (Fsp3) is 0.667. The summed E-state index contributed by atoms with van der Waals surface area (Å²) in [7, 11) is 0. The fourth-order valence-electron chi connectivity index (χ4n) is 2.95. The van der Waals surface area contributed by atoms with Crippen LogP contribution in [0.5, 0.6) is 0 Å². The molecule has 0 bridgehead atoms. The summed E-state index contributed by atoms with van der Waals surface area (Å²) in [6, 6.07) is 2.37. The number of nitrogen functional groups attached to an aromatic ring is 1. The van der Waals surface area contributed by atoms with Gasteiger partial charge in [0, 0.05) is 13.1 Å². The van der Waals surface area contributed by atoms with E-state index in [1.54, 1.807) is 0 Å². The van der Waals surface area contributed by atoms with Crippen LogP contribution in [-0.2, 0) is 0 Å². The molecule has 0 radical (unpaired) electrons. The van der Waals surface area contributed by atoms with Gasteiger partial charge in [-0.2, -0.15) is 0 Å². The zero-order valence-electron chi connectivity index (χ0n) is 15.8. The number of unbranched alkanes of at least 4 members (excludes halogenated alkanes) is 6. The molecule has 0 aliphatic carbocycles. The Hall–Kier alpha value is -2.38. The highest BCUT2D eigenvalue weighted by Crippen LogP contribution is 2.37. The number of benzene rings is 1. The van der Waals surface area contributed by atoms with E-state index in [1.165, 1.54) is 6.07 Å². The quantitative estimate of drug-likeness (QED) is 0.226. The summed E-state index contributed by atoms with van der Waals surface area (Å²) in [6.45, 7) is 5.63. The average Bonchev–Trinajstić information content (AvgIpc) is 2.59. The molecule has 8 nitrogen and oxygen atoms in total. The molecule has 0 unspecified atom stereocenters. The van der Waals surface area contributed by atoms with Gasteiger partial charge < -0.3 is 10.6 Å². The molecule has 0 atom stereocenters. The molecule has 146 valence electrons. The van der Waals surface area contributed by atoms with Gasteiger partial charge in [0.2, 0.25) is 0 Å². The molecule has 0 saturated carbocycles. The number of anilines is 2. The smallest absolute Gasteiger partial charge is 0.299 e. The maximum absolute atomic E-state index is 11.5. The summed E-state index contributed by atoms with van der Waals surface area (Å²) in [5.74, 6) is 0. The van der Waals surface area contributed by atoms with Crippen molar-refractivity contribution in [2.24, 2.45) is 0 Å². The van der Waals surface area contributed by atoms with E-state index in [0.29, 0.717) is 18.8 Å². The van der Waals surface area contributed by atoms with Crippen LogP contribution in [0.4, 0.5) is 22.7 Å². The summed E-state index contributed by atoms with van der Waals surface area (Å²) in [5.41, 5.74) is 5.46. The molecule has 0 amide bonds. The highest BCUT2D eigenvalue weighted by Gasteiger charge is 2.26. The number of nitrogens with zero attached hydrogens (tertiary/aromatic N) is 3. The molecule has 8 heteroatoms. The predicted octanol–water partition coefficient (Wildman–Crippen LogP) is 5.05. The number of rotatable bonds is 13. The highest BCUT2D eigenvalue weighted by atomic mass is 16.6. The van der Waals surface area contributed by atoms with E-state index in [2.05, 4.69) is 13.8 Å². The third-order valence-electron chi connectivity index (χ3n) is 4.42. The number of nitrogens with two attached hydrogens (primary N) is 1. The lowest BCUT2D eigenvalue weighted by Gasteiger charge is -2.25. The minimum atomic E-state index is -0.682. The topological polar surface area (TPSA) is 116 Å². The third kappa shape index (κ3) is 6.50. The lowest BCUT2D eigenvalue weighted by atomic mass is 10.1. The van der Waals surface area contributed by atoms with Crippen molar-refractivity contribution in [3.63, 3.8) is 0 Å². The molecular formula is C18H30N4O4. The molecular weight excluding hydrogens is 336 g/mol. The van der Waals surface area contributed by atoms with Crippen molar-refractivity contribution >= 4 is 22.7 Å². The molecule has 0 spiro atoms. The predicted molar refractivity (Wildman–Crippen MR) is 105 cm³/mol. The normalized spacial score (nSPS) is 10.7. The van der Waals surface area contributed by atoms with E-state index in [4.69, 9.17) is 5.73 Å². The molecule has 1 aromatic rings. The second kappa shape index (κ2) is 11.3. The molecule has 0 aliphatic heterocycles. The van der Waals surface area contributed by atoms with Crippen molar-refractivity contribution in [2.75, 3.05) is 23.7 Å². The first-order valence-electron chi connectivity index (χ1n) is 9.39. The molecule has 26 heavy (non-hydrogen) atoms. The summed E-state index contributed by atoms with van der Waals surface area (Å²) in [6.07, 6.45) is 8.42. The standard InChI is InChI=1S/C18H30N4O4/c1-3-5-7-9-11-20(12-10-8-6-4-2)17-13-15(19)16(21(23)24)14-18(17)22(25)26/h13-14H,3-12,19H2,1-2H3. The first-order chi connectivity index (χ1) is 12.4. The van der Waals surface area contributed by atoms with Crippen LogP contribution >= 0.6 is 0 Å². The zero-order chi connectivity index (χ0) is 19.5. The molecule has 2 N–H and O–H groups in total. The monoisotopic (exact) mass is 366 g/mol. The van der Waals surface area contributed by atoms with Gasteiger partial charge >= 0.3 is 0 Å². The Balaban J connectivity index is 3.09. The van der Waals surface area contributed by atoms with Crippen LogP contribution in [0.25, 0.3) is 0 Å². The SMILES string of the molecule is CCCCCCN(CCCCCC)c1cc(N)c([N+](=O)[O-])cc1[N+](=O)[O-]. The Morgan fingerprint density at radius 3 is 1.77 bits per heavy atom. The van der Waals surface area contributed by atoms with Gasteiger partial charge in [0.25, 0.3) is 11.4 Å². The molecule has 0 heterocycles. The Morgan fingerprint density at radius 1 is 0.846 bits per heavy atom. The maximum atomic E-state index is 11.5. The van der Waals surface area contributed by atoms with E-state index in [9.17, 15) is 20.2 Å². The highest BCUT2D eigenvalue weighted by molar-refractivity contribution is 5.76. The molecule has 0 fully saturated rings. The second-order valence-corrected chi connectivity index (χ2v) is 6.52. The van der Waals surface area contributed by atoms with Crippen molar-refractivity contribution in [2.45, 2.75) is 65.2 Å². The van der Waals surface area contributed by atoms with Gasteiger partial charge in [0.1, 0.15) is 11.4 Å². The lowest BCUT2D eigenvalue weighted by molar-refractivity contribution is -0.393. The first kappa shape index (κ1) is 21.7. The van der Waals surface area contributed by atoms with Crippen molar-refractivity contribution in [3.05, 3.63) is 32.4 Å². The number of hydrogen-bond donors (Lipinski definition) is 1. The van der Waals surface area contributed by atoms with E-state index in [1.807, 2.05) is 4.90 Å². The molecule has 0 aromatic heterocycles. The Kier molecular flexibility index (Phi) is 9.40. The van der Waals surface area contributed by atoms with Crippen LogP contribution in [0.1, 0.15) is 65.2 Å². The van der Waals surface area contributed by atoms with Gasteiger partial charge in [-0.15, -0.1) is 0 Å². The van der Waals surface area contributed by atoms with Gasteiger partial charge in [-0.3, -0.25) is 20.2 Å². The minimum Gasteiger partial charge on any atom is -0.393 e. The molecule has 0 aliphatic rings. The van der Waals surface area contributed by atoms with Crippen LogP contribution in [0.2, 0.25) is 0 Å². The van der Waals surface area contributed by atoms with Gasteiger partial charge in [-0.05, 0) is 18.9 Å². The van der Waals surface area contributed by atoms with Crippen molar-refractivity contribution in [1.29, 1.82) is 0 Å². The van der Waals surface area contributed by atoms with Crippen LogP contribution in [0, 0.1) is 20.2 Å². The van der Waals surface area contributed by atoms with Crippen molar-refractivity contribution in [3.8, 4) is 0 Å². The van der Waals surface area contributed by atoms with Crippen LogP contribution in [0.15, 0.2) is 12.1 Å². The Labute approximate surface area is 154 Å². The summed E-state index contributed by atoms with van der Waals surface area (Å²) >= 11 is 0. The van der Waals surface area contributed by atoms with Crippen LogP contribution in [0.3, 0.4) is 0 Å². The number of hydrogen-bond acceptors (Lipinski definition) is 6. The van der Waals surface area contributed by atoms with Gasteiger partial charge in [-0.1, -0.05) is 52.4 Å².